The maximum atomic E-state index is 11.1. The van der Waals surface area contributed by atoms with E-state index in [1.807, 2.05) is 0 Å². The van der Waals surface area contributed by atoms with Crippen molar-refractivity contribution in [3.63, 3.8) is 0 Å². The van der Waals surface area contributed by atoms with E-state index in [1.54, 1.807) is 12.1 Å². The van der Waals surface area contributed by atoms with Crippen molar-refractivity contribution in [2.45, 2.75) is 38.3 Å². The molecule has 4 N–H and O–H groups in total. The van der Waals surface area contributed by atoms with E-state index in [1.165, 1.54) is 13.0 Å². The minimum Gasteiger partial charge on any atom is -0.506 e. The summed E-state index contributed by atoms with van der Waals surface area (Å²) >= 11 is 0. The van der Waals surface area contributed by atoms with E-state index in [0.29, 0.717) is 11.3 Å². The highest BCUT2D eigenvalue weighted by Gasteiger charge is 2.23. The van der Waals surface area contributed by atoms with Gasteiger partial charge in [-0.15, -0.1) is 0 Å². The van der Waals surface area contributed by atoms with Crippen molar-refractivity contribution in [2.75, 3.05) is 11.9 Å². The Balaban J connectivity index is 2.16. The molecule has 1 heterocycles. The summed E-state index contributed by atoms with van der Waals surface area (Å²) in [6, 6.07) is 4.83. The van der Waals surface area contributed by atoms with Crippen molar-refractivity contribution >= 4 is 11.6 Å². The quantitative estimate of drug-likeness (QED) is 0.624. The van der Waals surface area contributed by atoms with Crippen LogP contribution in [0.3, 0.4) is 0 Å². The highest BCUT2D eigenvalue weighted by Crippen LogP contribution is 2.30. The first kappa shape index (κ1) is 13.8. The van der Waals surface area contributed by atoms with Crippen molar-refractivity contribution < 1.29 is 15.0 Å². The maximum Gasteiger partial charge on any atom is 0.221 e. The predicted molar refractivity (Wildman–Crippen MR) is 73.0 cm³/mol. The molecular weight excluding hydrogens is 244 g/mol. The lowest BCUT2D eigenvalue weighted by atomic mass is 9.94. The number of carbonyl (C=O) groups excluding carboxylic acids is 1. The number of phenolic OH excluding ortho intramolecular Hbond substituents is 1. The van der Waals surface area contributed by atoms with E-state index < -0.39 is 6.10 Å². The fraction of sp³-hybridized carbons (Fsp3) is 0.500. The van der Waals surface area contributed by atoms with Gasteiger partial charge in [0.15, 0.2) is 0 Å². The number of aliphatic hydroxyl groups is 1. The Bertz CT molecular complexity index is 456. The smallest absolute Gasteiger partial charge is 0.221 e. The molecule has 0 spiro atoms. The van der Waals surface area contributed by atoms with Crippen LogP contribution in [0, 0.1) is 0 Å². The molecule has 1 aliphatic rings. The molecule has 1 aromatic rings. The summed E-state index contributed by atoms with van der Waals surface area (Å²) < 4.78 is 0. The van der Waals surface area contributed by atoms with Crippen molar-refractivity contribution in [1.29, 1.82) is 0 Å². The van der Waals surface area contributed by atoms with Gasteiger partial charge in [0.2, 0.25) is 5.91 Å². The molecule has 0 aromatic heterocycles. The van der Waals surface area contributed by atoms with E-state index in [4.69, 9.17) is 0 Å². The molecule has 2 unspecified atom stereocenters. The molecule has 1 aliphatic heterocycles. The third kappa shape index (κ3) is 3.45. The van der Waals surface area contributed by atoms with Gasteiger partial charge in [0.1, 0.15) is 5.75 Å². The van der Waals surface area contributed by atoms with Crippen LogP contribution in [0.5, 0.6) is 5.75 Å². The van der Waals surface area contributed by atoms with E-state index in [-0.39, 0.29) is 17.7 Å². The van der Waals surface area contributed by atoms with Gasteiger partial charge in [0.05, 0.1) is 11.8 Å². The number of hydrogen-bond acceptors (Lipinski definition) is 4. The molecule has 0 saturated carbocycles. The molecule has 1 fully saturated rings. The van der Waals surface area contributed by atoms with Gasteiger partial charge in [-0.2, -0.15) is 0 Å². The second kappa shape index (κ2) is 6.04. The predicted octanol–water partition coefficient (Wildman–Crippen LogP) is 1.53. The number of aliphatic hydroxyl groups excluding tert-OH is 1. The Hall–Kier alpha value is -1.59. The number of hydrogen-bond donors (Lipinski definition) is 4. The van der Waals surface area contributed by atoms with Gasteiger partial charge in [0.25, 0.3) is 0 Å². The van der Waals surface area contributed by atoms with E-state index >= 15 is 0 Å². The summed E-state index contributed by atoms with van der Waals surface area (Å²) in [6.45, 7) is 2.30. The summed E-state index contributed by atoms with van der Waals surface area (Å²) in [6.07, 6.45) is 2.53. The second-order valence-corrected chi connectivity index (χ2v) is 4.96. The number of amides is 1. The van der Waals surface area contributed by atoms with Crippen LogP contribution in [0.15, 0.2) is 18.2 Å². The maximum absolute atomic E-state index is 11.1. The number of benzene rings is 1. The molecule has 2 atom stereocenters. The van der Waals surface area contributed by atoms with Gasteiger partial charge < -0.3 is 20.8 Å². The van der Waals surface area contributed by atoms with Crippen LogP contribution in [0.4, 0.5) is 5.69 Å². The highest BCUT2D eigenvalue weighted by atomic mass is 16.3. The zero-order valence-electron chi connectivity index (χ0n) is 11.0. The van der Waals surface area contributed by atoms with Crippen LogP contribution in [-0.2, 0) is 4.79 Å². The fourth-order valence-electron chi connectivity index (χ4n) is 2.41. The lowest BCUT2D eigenvalue weighted by Gasteiger charge is -2.28. The van der Waals surface area contributed by atoms with Gasteiger partial charge in [-0.05, 0) is 37.1 Å². The Labute approximate surface area is 112 Å². The molecule has 19 heavy (non-hydrogen) atoms. The standard InChI is InChI=1S/C14H20N2O3/c1-9(17)16-12-8-10(5-6-13(12)18)14(19)11-4-2-3-7-15-11/h5-6,8,11,14-15,18-19H,2-4,7H2,1H3,(H,16,17). The minimum absolute atomic E-state index is 0.00255. The van der Waals surface area contributed by atoms with Gasteiger partial charge in [-0.25, -0.2) is 0 Å². The molecule has 104 valence electrons. The Morgan fingerprint density at radius 1 is 1.47 bits per heavy atom. The number of anilines is 1. The number of carbonyl (C=O) groups is 1. The van der Waals surface area contributed by atoms with E-state index in [0.717, 1.165) is 25.8 Å². The highest BCUT2D eigenvalue weighted by molar-refractivity contribution is 5.90. The van der Waals surface area contributed by atoms with Crippen molar-refractivity contribution in [1.82, 2.24) is 5.32 Å². The van der Waals surface area contributed by atoms with Crippen LogP contribution in [-0.4, -0.2) is 28.7 Å². The summed E-state index contributed by atoms with van der Waals surface area (Å²) in [5, 5.41) is 25.8. The lowest BCUT2D eigenvalue weighted by molar-refractivity contribution is -0.114. The average molecular weight is 264 g/mol. The average Bonchev–Trinajstić information content (AvgIpc) is 2.41. The van der Waals surface area contributed by atoms with Crippen LogP contribution in [0.25, 0.3) is 0 Å². The Morgan fingerprint density at radius 2 is 2.26 bits per heavy atom. The summed E-state index contributed by atoms with van der Waals surface area (Å²) in [5.41, 5.74) is 1.03. The monoisotopic (exact) mass is 264 g/mol. The SMILES string of the molecule is CC(=O)Nc1cc(C(O)C2CCCCN2)ccc1O. The number of rotatable bonds is 3. The van der Waals surface area contributed by atoms with Crippen molar-refractivity contribution in [3.8, 4) is 5.75 Å². The molecule has 2 rings (SSSR count). The molecule has 0 aliphatic carbocycles. The first-order chi connectivity index (χ1) is 9.08. The third-order valence-electron chi connectivity index (χ3n) is 3.40. The minimum atomic E-state index is -0.631. The van der Waals surface area contributed by atoms with Crippen molar-refractivity contribution in [3.05, 3.63) is 23.8 Å². The van der Waals surface area contributed by atoms with E-state index in [9.17, 15) is 15.0 Å². The van der Waals surface area contributed by atoms with E-state index in [2.05, 4.69) is 10.6 Å². The summed E-state index contributed by atoms with van der Waals surface area (Å²) in [4.78, 5) is 11.1. The van der Waals surface area contributed by atoms with Gasteiger partial charge in [0, 0.05) is 13.0 Å². The molecule has 0 radical (unpaired) electrons. The van der Waals surface area contributed by atoms with Gasteiger partial charge in [-0.1, -0.05) is 12.5 Å². The fourth-order valence-corrected chi connectivity index (χ4v) is 2.41. The third-order valence-corrected chi connectivity index (χ3v) is 3.40. The summed E-state index contributed by atoms with van der Waals surface area (Å²) in [5.74, 6) is -0.250. The molecule has 5 heteroatoms. The number of phenols is 1. The molecule has 1 saturated heterocycles. The topological polar surface area (TPSA) is 81.6 Å². The van der Waals surface area contributed by atoms with Gasteiger partial charge in [-0.3, -0.25) is 4.79 Å². The molecule has 1 aromatic carbocycles. The Morgan fingerprint density at radius 3 is 2.89 bits per heavy atom. The van der Waals surface area contributed by atoms with Gasteiger partial charge >= 0.3 is 0 Å². The largest absolute Gasteiger partial charge is 0.506 e. The zero-order chi connectivity index (χ0) is 13.8. The Kier molecular flexibility index (Phi) is 4.39. The molecule has 1 amide bonds. The van der Waals surface area contributed by atoms with Crippen LogP contribution in [0.2, 0.25) is 0 Å². The number of piperidine rings is 1. The first-order valence-corrected chi connectivity index (χ1v) is 6.60. The normalized spacial score (nSPS) is 20.8. The number of nitrogens with one attached hydrogen (secondary N) is 2. The zero-order valence-corrected chi connectivity index (χ0v) is 11.0. The molecule has 5 nitrogen and oxygen atoms in total. The first-order valence-electron chi connectivity index (χ1n) is 6.60. The lowest BCUT2D eigenvalue weighted by Crippen LogP contribution is -2.38. The molecule has 0 bridgehead atoms. The molecular formula is C14H20N2O3. The number of aromatic hydroxyl groups is 1. The summed E-state index contributed by atoms with van der Waals surface area (Å²) in [7, 11) is 0. The van der Waals surface area contributed by atoms with Crippen LogP contribution < -0.4 is 10.6 Å². The van der Waals surface area contributed by atoms with Crippen LogP contribution in [0.1, 0.15) is 37.9 Å². The second-order valence-electron chi connectivity index (χ2n) is 4.96. The van der Waals surface area contributed by atoms with Crippen LogP contribution >= 0.6 is 0 Å². The van der Waals surface area contributed by atoms with Crippen molar-refractivity contribution in [2.24, 2.45) is 0 Å².